The Bertz CT molecular complexity index is 299. The molecule has 2 rings (SSSR count). The Balaban J connectivity index is 2.08. The zero-order chi connectivity index (χ0) is 9.97. The van der Waals surface area contributed by atoms with Gasteiger partial charge >= 0.3 is 0 Å². The van der Waals surface area contributed by atoms with Crippen LogP contribution < -0.4 is 5.73 Å². The number of aromatic nitrogens is 2. The van der Waals surface area contributed by atoms with E-state index in [0.29, 0.717) is 24.9 Å². The molecule has 2 heterocycles. The van der Waals surface area contributed by atoms with Gasteiger partial charge in [0, 0.05) is 13.0 Å². The fourth-order valence-corrected chi connectivity index (χ4v) is 1.85. The monoisotopic (exact) mass is 196 g/mol. The molecule has 0 radical (unpaired) electrons. The summed E-state index contributed by atoms with van der Waals surface area (Å²) in [7, 11) is 2.09. The molecule has 1 aliphatic heterocycles. The largest absolute Gasteiger partial charge is 0.424 e. The third-order valence-electron chi connectivity index (χ3n) is 2.65. The molecule has 0 aromatic carbocycles. The lowest BCUT2D eigenvalue weighted by Gasteiger charge is -2.14. The van der Waals surface area contributed by atoms with Crippen LogP contribution in [0.2, 0.25) is 0 Å². The van der Waals surface area contributed by atoms with E-state index in [1.807, 2.05) is 0 Å². The van der Waals surface area contributed by atoms with Crippen molar-refractivity contribution in [1.29, 1.82) is 0 Å². The number of rotatable bonds is 3. The maximum atomic E-state index is 5.53. The number of hydrogen-bond donors (Lipinski definition) is 1. The Kier molecular flexibility index (Phi) is 2.79. The molecule has 1 aromatic heterocycles. The maximum Gasteiger partial charge on any atom is 0.233 e. The van der Waals surface area contributed by atoms with E-state index in [1.54, 1.807) is 0 Å². The molecule has 78 valence electrons. The first-order valence-electron chi connectivity index (χ1n) is 5.04. The number of nitrogens with two attached hydrogens (primary N) is 1. The zero-order valence-electron chi connectivity index (χ0n) is 8.44. The molecule has 5 heteroatoms. The molecule has 0 unspecified atom stereocenters. The lowest BCUT2D eigenvalue weighted by molar-refractivity contribution is 0.263. The van der Waals surface area contributed by atoms with Crippen molar-refractivity contribution in [3.63, 3.8) is 0 Å². The molecule has 0 spiro atoms. The van der Waals surface area contributed by atoms with Gasteiger partial charge in [0.1, 0.15) is 0 Å². The molecule has 1 aliphatic rings. The molecule has 14 heavy (non-hydrogen) atoms. The first-order valence-corrected chi connectivity index (χ1v) is 5.04. The van der Waals surface area contributed by atoms with E-state index in [9.17, 15) is 0 Å². The van der Waals surface area contributed by atoms with Gasteiger partial charge in [-0.15, -0.1) is 10.2 Å². The van der Waals surface area contributed by atoms with E-state index in [1.165, 1.54) is 6.42 Å². The van der Waals surface area contributed by atoms with Crippen LogP contribution >= 0.6 is 0 Å². The highest BCUT2D eigenvalue weighted by molar-refractivity contribution is 4.93. The molecule has 0 bridgehead atoms. The topological polar surface area (TPSA) is 68.2 Å². The third-order valence-corrected chi connectivity index (χ3v) is 2.65. The summed E-state index contributed by atoms with van der Waals surface area (Å²) in [5.74, 6) is 1.40. The van der Waals surface area contributed by atoms with E-state index in [4.69, 9.17) is 10.2 Å². The second-order valence-electron chi connectivity index (χ2n) is 3.71. The van der Waals surface area contributed by atoms with E-state index >= 15 is 0 Å². The molecule has 1 aromatic rings. The van der Waals surface area contributed by atoms with Gasteiger partial charge in [0.05, 0.1) is 6.04 Å². The standard InChI is InChI=1S/C9H16N4O/c1-13-6-2-3-7(13)9-12-11-8(14-9)4-5-10/h7H,2-6,10H2,1H3/t7-/m1/s1. The minimum Gasteiger partial charge on any atom is -0.424 e. The average Bonchev–Trinajstić information content (AvgIpc) is 2.74. The summed E-state index contributed by atoms with van der Waals surface area (Å²) in [5.41, 5.74) is 5.41. The van der Waals surface area contributed by atoms with Gasteiger partial charge in [-0.3, -0.25) is 4.90 Å². The van der Waals surface area contributed by atoms with Crippen molar-refractivity contribution in [1.82, 2.24) is 15.1 Å². The highest BCUT2D eigenvalue weighted by atomic mass is 16.4. The quantitative estimate of drug-likeness (QED) is 0.755. The van der Waals surface area contributed by atoms with Crippen molar-refractivity contribution in [2.45, 2.75) is 25.3 Å². The first kappa shape index (κ1) is 9.61. The molecule has 2 N–H and O–H groups in total. The van der Waals surface area contributed by atoms with Gasteiger partial charge in [-0.2, -0.15) is 0 Å². The molecule has 5 nitrogen and oxygen atoms in total. The van der Waals surface area contributed by atoms with Crippen LogP contribution in [0.1, 0.15) is 30.7 Å². The zero-order valence-corrected chi connectivity index (χ0v) is 8.44. The summed E-state index contributed by atoms with van der Waals surface area (Å²) >= 11 is 0. The van der Waals surface area contributed by atoms with Crippen LogP contribution in [-0.4, -0.2) is 35.2 Å². The van der Waals surface area contributed by atoms with Crippen LogP contribution in [0.3, 0.4) is 0 Å². The summed E-state index contributed by atoms with van der Waals surface area (Å²) in [6.45, 7) is 1.67. The van der Waals surface area contributed by atoms with E-state index in [0.717, 1.165) is 18.9 Å². The summed E-state index contributed by atoms with van der Waals surface area (Å²) in [6.07, 6.45) is 2.99. The van der Waals surface area contributed by atoms with Crippen LogP contribution in [0.4, 0.5) is 0 Å². The molecule has 1 saturated heterocycles. The van der Waals surface area contributed by atoms with Crippen LogP contribution in [0, 0.1) is 0 Å². The molecule has 1 atom stereocenters. The Morgan fingerprint density at radius 2 is 2.43 bits per heavy atom. The second-order valence-corrected chi connectivity index (χ2v) is 3.71. The molecule has 0 aliphatic carbocycles. The van der Waals surface area contributed by atoms with Crippen molar-refractivity contribution in [2.75, 3.05) is 20.1 Å². The predicted molar refractivity (Wildman–Crippen MR) is 51.7 cm³/mol. The van der Waals surface area contributed by atoms with E-state index in [-0.39, 0.29) is 0 Å². The minimum absolute atomic E-state index is 0.314. The summed E-state index contributed by atoms with van der Waals surface area (Å²) in [5, 5.41) is 8.01. The molecular formula is C9H16N4O. The van der Waals surface area contributed by atoms with Gasteiger partial charge in [-0.25, -0.2) is 0 Å². The van der Waals surface area contributed by atoms with Crippen molar-refractivity contribution < 1.29 is 4.42 Å². The fourth-order valence-electron chi connectivity index (χ4n) is 1.85. The van der Waals surface area contributed by atoms with Gasteiger partial charge in [-0.1, -0.05) is 0 Å². The average molecular weight is 196 g/mol. The van der Waals surface area contributed by atoms with Crippen molar-refractivity contribution in [2.24, 2.45) is 5.73 Å². The fraction of sp³-hybridized carbons (Fsp3) is 0.778. The van der Waals surface area contributed by atoms with Crippen molar-refractivity contribution in [3.05, 3.63) is 11.8 Å². The number of likely N-dealkylation sites (tertiary alicyclic amines) is 1. The molecule has 0 saturated carbocycles. The first-order chi connectivity index (χ1) is 6.81. The maximum absolute atomic E-state index is 5.53. The normalized spacial score (nSPS) is 23.1. The Labute approximate surface area is 83.3 Å². The minimum atomic E-state index is 0.314. The highest BCUT2D eigenvalue weighted by Crippen LogP contribution is 2.29. The van der Waals surface area contributed by atoms with E-state index in [2.05, 4.69) is 22.1 Å². The smallest absolute Gasteiger partial charge is 0.233 e. The lowest BCUT2D eigenvalue weighted by atomic mass is 10.2. The van der Waals surface area contributed by atoms with Crippen LogP contribution in [0.15, 0.2) is 4.42 Å². The second kappa shape index (κ2) is 4.06. The van der Waals surface area contributed by atoms with Gasteiger partial charge in [0.15, 0.2) is 0 Å². The Hall–Kier alpha value is -0.940. The Morgan fingerprint density at radius 1 is 1.57 bits per heavy atom. The predicted octanol–water partition coefficient (Wildman–Crippen LogP) is 0.338. The highest BCUT2D eigenvalue weighted by Gasteiger charge is 2.27. The van der Waals surface area contributed by atoms with Gasteiger partial charge in [0.2, 0.25) is 11.8 Å². The summed E-state index contributed by atoms with van der Waals surface area (Å²) in [4.78, 5) is 2.25. The van der Waals surface area contributed by atoms with Crippen LogP contribution in [0.25, 0.3) is 0 Å². The lowest BCUT2D eigenvalue weighted by Crippen LogP contribution is -2.17. The van der Waals surface area contributed by atoms with E-state index < -0.39 is 0 Å². The summed E-state index contributed by atoms with van der Waals surface area (Å²) in [6, 6.07) is 0.314. The number of hydrogen-bond acceptors (Lipinski definition) is 5. The molecular weight excluding hydrogens is 180 g/mol. The number of nitrogens with zero attached hydrogens (tertiary/aromatic N) is 3. The van der Waals surface area contributed by atoms with Gasteiger partial charge in [0.25, 0.3) is 0 Å². The third kappa shape index (κ3) is 1.78. The van der Waals surface area contributed by atoms with Crippen LogP contribution in [0.5, 0.6) is 0 Å². The van der Waals surface area contributed by atoms with Crippen LogP contribution in [-0.2, 0) is 6.42 Å². The van der Waals surface area contributed by atoms with Gasteiger partial charge in [-0.05, 0) is 26.4 Å². The SMILES string of the molecule is CN1CCC[C@@H]1c1nnc(CCN)o1. The Morgan fingerprint density at radius 3 is 3.07 bits per heavy atom. The molecule has 1 fully saturated rings. The van der Waals surface area contributed by atoms with Crippen molar-refractivity contribution >= 4 is 0 Å². The van der Waals surface area contributed by atoms with Gasteiger partial charge < -0.3 is 10.2 Å². The summed E-state index contributed by atoms with van der Waals surface area (Å²) < 4.78 is 5.53. The van der Waals surface area contributed by atoms with Crippen molar-refractivity contribution in [3.8, 4) is 0 Å². The molecule has 0 amide bonds.